The highest BCUT2D eigenvalue weighted by molar-refractivity contribution is 7.90. The maximum Gasteiger partial charge on any atom is 0.304 e. The Bertz CT molecular complexity index is 1190. The van der Waals surface area contributed by atoms with Crippen molar-refractivity contribution in [2.24, 2.45) is 5.92 Å². The van der Waals surface area contributed by atoms with Crippen LogP contribution >= 0.6 is 23.2 Å². The number of benzene rings is 2. The van der Waals surface area contributed by atoms with E-state index in [4.69, 9.17) is 23.2 Å². The molecular weight excluding hydrogens is 542 g/mol. The molecule has 1 N–H and O–H groups in total. The van der Waals surface area contributed by atoms with Crippen LogP contribution in [0.2, 0.25) is 10.0 Å². The van der Waals surface area contributed by atoms with Crippen molar-refractivity contribution in [3.05, 3.63) is 63.9 Å². The second kappa shape index (κ2) is 13.4. The summed E-state index contributed by atoms with van der Waals surface area (Å²) in [6.07, 6.45) is 0.286. The fourth-order valence-electron chi connectivity index (χ4n) is 3.50. The van der Waals surface area contributed by atoms with E-state index in [-0.39, 0.29) is 35.5 Å². The lowest BCUT2D eigenvalue weighted by Gasteiger charge is -2.34. The number of halogens is 3. The van der Waals surface area contributed by atoms with E-state index >= 15 is 0 Å². The molecule has 0 aliphatic heterocycles. The van der Waals surface area contributed by atoms with E-state index in [0.717, 1.165) is 20.7 Å². The van der Waals surface area contributed by atoms with Gasteiger partial charge in [0, 0.05) is 27.2 Å². The van der Waals surface area contributed by atoms with Gasteiger partial charge < -0.3 is 10.2 Å². The minimum atomic E-state index is -4.14. The molecule has 0 radical (unpaired) electrons. The van der Waals surface area contributed by atoms with Gasteiger partial charge in [0.15, 0.2) is 0 Å². The van der Waals surface area contributed by atoms with Crippen LogP contribution in [0.1, 0.15) is 32.8 Å². The summed E-state index contributed by atoms with van der Waals surface area (Å²) in [7, 11) is -1.47. The summed E-state index contributed by atoms with van der Waals surface area (Å²) in [4.78, 5) is 28.2. The molecule has 0 saturated carbocycles. The van der Waals surface area contributed by atoms with Crippen molar-refractivity contribution < 1.29 is 22.4 Å². The van der Waals surface area contributed by atoms with Crippen molar-refractivity contribution in [3.63, 3.8) is 0 Å². The summed E-state index contributed by atoms with van der Waals surface area (Å²) in [5, 5.41) is 3.47. The van der Waals surface area contributed by atoms with E-state index in [2.05, 4.69) is 5.32 Å². The molecule has 8 nitrogen and oxygen atoms in total. The predicted octanol–water partition coefficient (Wildman–Crippen LogP) is 4.32. The van der Waals surface area contributed by atoms with Crippen molar-refractivity contribution in [1.82, 2.24) is 14.5 Å². The van der Waals surface area contributed by atoms with Gasteiger partial charge in [0.25, 0.3) is 0 Å². The van der Waals surface area contributed by atoms with E-state index in [9.17, 15) is 22.4 Å². The summed E-state index contributed by atoms with van der Waals surface area (Å²) < 4.78 is 41.7. The lowest BCUT2D eigenvalue weighted by molar-refractivity contribution is -0.140. The first-order chi connectivity index (χ1) is 17.3. The van der Waals surface area contributed by atoms with E-state index in [1.54, 1.807) is 25.1 Å². The molecule has 0 heterocycles. The van der Waals surface area contributed by atoms with E-state index in [0.29, 0.717) is 17.1 Å². The first kappa shape index (κ1) is 30.8. The Balaban J connectivity index is 2.50. The molecule has 2 amide bonds. The molecule has 0 aromatic heterocycles. The Morgan fingerprint density at radius 3 is 2.16 bits per heavy atom. The number of carbonyl (C=O) groups is 2. The quantitative estimate of drug-likeness (QED) is 0.408. The smallest absolute Gasteiger partial charge is 0.304 e. The van der Waals surface area contributed by atoms with Crippen LogP contribution in [0, 0.1) is 11.7 Å². The zero-order valence-corrected chi connectivity index (χ0v) is 23.9. The molecule has 204 valence electrons. The molecule has 0 fully saturated rings. The van der Waals surface area contributed by atoms with Gasteiger partial charge in [-0.1, -0.05) is 50.0 Å². The third kappa shape index (κ3) is 8.29. The molecule has 0 spiro atoms. The van der Waals surface area contributed by atoms with E-state index in [1.807, 2.05) is 13.8 Å². The third-order valence-electron chi connectivity index (χ3n) is 5.54. The molecule has 0 unspecified atom stereocenters. The number of hydrogen-bond donors (Lipinski definition) is 1. The van der Waals surface area contributed by atoms with Crippen LogP contribution in [0.25, 0.3) is 0 Å². The van der Waals surface area contributed by atoms with Gasteiger partial charge in [-0.3, -0.25) is 9.59 Å². The van der Waals surface area contributed by atoms with Gasteiger partial charge in [0.2, 0.25) is 11.8 Å². The lowest BCUT2D eigenvalue weighted by Crippen LogP contribution is -2.53. The molecule has 2 aromatic rings. The average molecular weight is 576 g/mol. The summed E-state index contributed by atoms with van der Waals surface area (Å²) in [6, 6.07) is 8.76. The van der Waals surface area contributed by atoms with Gasteiger partial charge in [0.1, 0.15) is 18.4 Å². The van der Waals surface area contributed by atoms with Gasteiger partial charge in [-0.2, -0.15) is 12.7 Å². The molecule has 2 rings (SSSR count). The van der Waals surface area contributed by atoms with Crippen LogP contribution in [0.5, 0.6) is 0 Å². The molecule has 0 saturated heterocycles. The van der Waals surface area contributed by atoms with Crippen molar-refractivity contribution in [2.75, 3.05) is 31.5 Å². The zero-order chi connectivity index (χ0) is 27.9. The highest BCUT2D eigenvalue weighted by Gasteiger charge is 2.33. The maximum absolute atomic E-state index is 13.8. The number of anilines is 1. The van der Waals surface area contributed by atoms with Gasteiger partial charge in [-0.25, -0.2) is 8.70 Å². The SMILES string of the molecule is CC[C@@H](C(=O)NCC(C)C)N(Cc1ccc(Cl)c(Cl)c1)C(=O)CN(c1ccc(F)cc1)S(=O)(=O)N(C)C. The molecule has 0 aliphatic rings. The van der Waals surface area contributed by atoms with Crippen LogP contribution in [0.4, 0.5) is 10.1 Å². The Morgan fingerprint density at radius 1 is 1.03 bits per heavy atom. The fourth-order valence-corrected chi connectivity index (χ4v) is 4.88. The number of hydrogen-bond acceptors (Lipinski definition) is 4. The highest BCUT2D eigenvalue weighted by atomic mass is 35.5. The van der Waals surface area contributed by atoms with Crippen LogP contribution in [0.15, 0.2) is 42.5 Å². The number of nitrogens with one attached hydrogen (secondary N) is 1. The van der Waals surface area contributed by atoms with Crippen molar-refractivity contribution in [2.45, 2.75) is 39.8 Å². The Labute approximate surface area is 228 Å². The Hall–Kier alpha value is -2.40. The minimum absolute atomic E-state index is 0.0113. The molecule has 37 heavy (non-hydrogen) atoms. The van der Waals surface area contributed by atoms with Crippen molar-refractivity contribution in [1.29, 1.82) is 0 Å². The number of amides is 2. The Kier molecular flexibility index (Phi) is 11.2. The van der Waals surface area contributed by atoms with Crippen LogP contribution in [-0.2, 0) is 26.3 Å². The summed E-state index contributed by atoms with van der Waals surface area (Å²) in [5.41, 5.74) is 0.719. The second-order valence-electron chi connectivity index (χ2n) is 9.11. The topological polar surface area (TPSA) is 90.0 Å². The standard InChI is InChI=1S/C25H33Cl2FN4O4S/c1-6-23(25(34)29-14-17(2)3)31(15-18-7-12-21(26)22(27)13-18)24(33)16-32(37(35,36)30(4)5)20-10-8-19(28)9-11-20/h7-13,17,23H,6,14-16H2,1-5H3,(H,29,34)/t23-/m0/s1. The Morgan fingerprint density at radius 2 is 1.65 bits per heavy atom. The minimum Gasteiger partial charge on any atom is -0.354 e. The summed E-state index contributed by atoms with van der Waals surface area (Å²) in [5.74, 6) is -1.33. The fraction of sp³-hybridized carbons (Fsp3) is 0.440. The lowest BCUT2D eigenvalue weighted by atomic mass is 10.1. The zero-order valence-electron chi connectivity index (χ0n) is 21.5. The molecule has 2 aromatic carbocycles. The largest absolute Gasteiger partial charge is 0.354 e. The van der Waals surface area contributed by atoms with Gasteiger partial charge in [-0.05, 0) is 54.3 Å². The number of nitrogens with zero attached hydrogens (tertiary/aromatic N) is 3. The molecule has 0 bridgehead atoms. The molecule has 0 aliphatic carbocycles. The second-order valence-corrected chi connectivity index (χ2v) is 12.0. The average Bonchev–Trinajstić information content (AvgIpc) is 2.83. The van der Waals surface area contributed by atoms with Gasteiger partial charge in [0.05, 0.1) is 15.7 Å². The van der Waals surface area contributed by atoms with Crippen LogP contribution in [0.3, 0.4) is 0 Å². The van der Waals surface area contributed by atoms with Crippen LogP contribution in [-0.4, -0.2) is 62.7 Å². The van der Waals surface area contributed by atoms with Crippen molar-refractivity contribution >= 4 is 50.9 Å². The highest BCUT2D eigenvalue weighted by Crippen LogP contribution is 2.25. The first-order valence-corrected chi connectivity index (χ1v) is 13.9. The summed E-state index contributed by atoms with van der Waals surface area (Å²) in [6.45, 7) is 5.47. The number of carbonyl (C=O) groups excluding carboxylic acids is 2. The molecule has 1 atom stereocenters. The number of rotatable bonds is 12. The third-order valence-corrected chi connectivity index (χ3v) is 8.10. The first-order valence-electron chi connectivity index (χ1n) is 11.7. The van der Waals surface area contributed by atoms with Crippen molar-refractivity contribution in [3.8, 4) is 0 Å². The normalized spacial score (nSPS) is 12.5. The van der Waals surface area contributed by atoms with E-state index < -0.39 is 34.5 Å². The van der Waals surface area contributed by atoms with E-state index in [1.165, 1.54) is 31.1 Å². The molecular formula is C25H33Cl2FN4O4S. The molecule has 12 heteroatoms. The maximum atomic E-state index is 13.8. The summed E-state index contributed by atoms with van der Waals surface area (Å²) >= 11 is 12.2. The van der Waals surface area contributed by atoms with Crippen LogP contribution < -0.4 is 9.62 Å². The monoisotopic (exact) mass is 574 g/mol. The van der Waals surface area contributed by atoms with Gasteiger partial charge >= 0.3 is 10.2 Å². The van der Waals surface area contributed by atoms with Gasteiger partial charge in [-0.15, -0.1) is 0 Å². The predicted molar refractivity (Wildman–Crippen MR) is 145 cm³/mol.